The number of unbranched alkanes of at least 4 members (excludes halogenated alkanes) is 1. The highest BCUT2D eigenvalue weighted by Crippen LogP contribution is 2.10. The van der Waals surface area contributed by atoms with Crippen LogP contribution in [0.2, 0.25) is 0 Å². The minimum Gasteiger partial charge on any atom is -0.410 e. The second kappa shape index (κ2) is 7.68. The summed E-state index contributed by atoms with van der Waals surface area (Å²) in [5.74, 6) is 0.566. The van der Waals surface area contributed by atoms with Crippen molar-refractivity contribution in [2.24, 2.45) is 5.73 Å². The van der Waals surface area contributed by atoms with Gasteiger partial charge in [-0.2, -0.15) is 0 Å². The summed E-state index contributed by atoms with van der Waals surface area (Å²) in [4.78, 5) is 13.5. The molecular formula is C13H20N2O2. The number of amides is 1. The summed E-state index contributed by atoms with van der Waals surface area (Å²) in [6.45, 7) is 3.77. The molecule has 4 nitrogen and oxygen atoms in total. The van der Waals surface area contributed by atoms with Crippen LogP contribution >= 0.6 is 0 Å². The number of nitrogens with zero attached hydrogens (tertiary/aromatic N) is 1. The largest absolute Gasteiger partial charge is 0.415 e. The van der Waals surface area contributed by atoms with Crippen molar-refractivity contribution in [1.82, 2.24) is 4.90 Å². The summed E-state index contributed by atoms with van der Waals surface area (Å²) in [7, 11) is 0. The molecule has 0 aliphatic carbocycles. The van der Waals surface area contributed by atoms with Crippen molar-refractivity contribution >= 4 is 6.09 Å². The molecule has 2 N–H and O–H groups in total. The van der Waals surface area contributed by atoms with Crippen molar-refractivity contribution in [2.75, 3.05) is 19.6 Å². The first-order valence-corrected chi connectivity index (χ1v) is 5.99. The van der Waals surface area contributed by atoms with Gasteiger partial charge >= 0.3 is 6.09 Å². The van der Waals surface area contributed by atoms with Crippen molar-refractivity contribution in [3.63, 3.8) is 0 Å². The molecule has 94 valence electrons. The monoisotopic (exact) mass is 236 g/mol. The van der Waals surface area contributed by atoms with Gasteiger partial charge in [-0.1, -0.05) is 31.5 Å². The number of carbonyl (C=O) groups excluding carboxylic acids is 1. The number of rotatable bonds is 6. The van der Waals surface area contributed by atoms with Crippen LogP contribution in [0.25, 0.3) is 0 Å². The highest BCUT2D eigenvalue weighted by atomic mass is 16.6. The van der Waals surface area contributed by atoms with Gasteiger partial charge in [0.25, 0.3) is 0 Å². The minimum atomic E-state index is -0.324. The third-order valence-corrected chi connectivity index (χ3v) is 2.39. The van der Waals surface area contributed by atoms with Crippen LogP contribution in [0.1, 0.15) is 19.8 Å². The van der Waals surface area contributed by atoms with Gasteiger partial charge in [-0.3, -0.25) is 0 Å². The fraction of sp³-hybridized carbons (Fsp3) is 0.462. The molecule has 4 heteroatoms. The van der Waals surface area contributed by atoms with Crippen LogP contribution in [0.4, 0.5) is 4.79 Å². The Hall–Kier alpha value is -1.55. The zero-order valence-corrected chi connectivity index (χ0v) is 10.3. The summed E-state index contributed by atoms with van der Waals surface area (Å²) < 4.78 is 5.26. The molecule has 0 fully saturated rings. The van der Waals surface area contributed by atoms with E-state index in [1.165, 1.54) is 0 Å². The normalized spacial score (nSPS) is 10.0. The maximum Gasteiger partial charge on any atom is 0.415 e. The van der Waals surface area contributed by atoms with Gasteiger partial charge in [0.05, 0.1) is 0 Å². The molecule has 0 saturated carbocycles. The average molecular weight is 236 g/mol. The predicted octanol–water partition coefficient (Wildman–Crippen LogP) is 2.25. The van der Waals surface area contributed by atoms with Crippen LogP contribution in [-0.2, 0) is 0 Å². The van der Waals surface area contributed by atoms with Gasteiger partial charge in [0.2, 0.25) is 0 Å². The van der Waals surface area contributed by atoms with Gasteiger partial charge in [-0.25, -0.2) is 4.79 Å². The van der Waals surface area contributed by atoms with E-state index in [0.29, 0.717) is 25.4 Å². The van der Waals surface area contributed by atoms with E-state index in [1.54, 1.807) is 17.0 Å². The molecule has 0 aliphatic heterocycles. The van der Waals surface area contributed by atoms with E-state index in [-0.39, 0.29) is 6.09 Å². The van der Waals surface area contributed by atoms with Crippen LogP contribution in [0.15, 0.2) is 30.3 Å². The standard InChI is InChI=1S/C13H20N2O2/c1-2-3-10-15(11-9-14)13(16)17-12-7-5-4-6-8-12/h4-8H,2-3,9-11,14H2,1H3. The number of hydrogen-bond donors (Lipinski definition) is 1. The summed E-state index contributed by atoms with van der Waals surface area (Å²) in [6, 6.07) is 9.08. The fourth-order valence-corrected chi connectivity index (χ4v) is 1.45. The van der Waals surface area contributed by atoms with Crippen molar-refractivity contribution < 1.29 is 9.53 Å². The number of nitrogens with two attached hydrogens (primary N) is 1. The first-order valence-electron chi connectivity index (χ1n) is 5.99. The second-order valence-corrected chi connectivity index (χ2v) is 3.81. The third-order valence-electron chi connectivity index (χ3n) is 2.39. The van der Waals surface area contributed by atoms with Crippen molar-refractivity contribution in [3.05, 3.63) is 30.3 Å². The Kier molecular flexibility index (Phi) is 6.10. The van der Waals surface area contributed by atoms with Crippen molar-refractivity contribution in [3.8, 4) is 5.75 Å². The van der Waals surface area contributed by atoms with E-state index in [2.05, 4.69) is 6.92 Å². The highest BCUT2D eigenvalue weighted by molar-refractivity contribution is 5.70. The van der Waals surface area contributed by atoms with E-state index >= 15 is 0 Å². The topological polar surface area (TPSA) is 55.6 Å². The molecular weight excluding hydrogens is 216 g/mol. The predicted molar refractivity (Wildman–Crippen MR) is 68.0 cm³/mol. The van der Waals surface area contributed by atoms with E-state index in [0.717, 1.165) is 12.8 Å². The minimum absolute atomic E-state index is 0.324. The Morgan fingerprint density at radius 3 is 2.59 bits per heavy atom. The van der Waals surface area contributed by atoms with Gasteiger partial charge in [0.15, 0.2) is 0 Å². The number of carbonyl (C=O) groups is 1. The lowest BCUT2D eigenvalue weighted by atomic mass is 10.3. The Morgan fingerprint density at radius 2 is 2.00 bits per heavy atom. The molecule has 0 radical (unpaired) electrons. The molecule has 1 rings (SSSR count). The summed E-state index contributed by atoms with van der Waals surface area (Å²) in [5, 5.41) is 0. The second-order valence-electron chi connectivity index (χ2n) is 3.81. The SMILES string of the molecule is CCCCN(CCN)C(=O)Oc1ccccc1. The highest BCUT2D eigenvalue weighted by Gasteiger charge is 2.14. The average Bonchev–Trinajstić information content (AvgIpc) is 2.35. The maximum absolute atomic E-state index is 11.9. The van der Waals surface area contributed by atoms with Gasteiger partial charge in [-0.05, 0) is 18.6 Å². The Labute approximate surface area is 102 Å². The number of ether oxygens (including phenoxy) is 1. The van der Waals surface area contributed by atoms with Gasteiger partial charge in [0.1, 0.15) is 5.75 Å². The van der Waals surface area contributed by atoms with Gasteiger partial charge < -0.3 is 15.4 Å². The Balaban J connectivity index is 2.52. The Morgan fingerprint density at radius 1 is 1.29 bits per heavy atom. The van der Waals surface area contributed by atoms with Crippen LogP contribution in [-0.4, -0.2) is 30.6 Å². The molecule has 0 aromatic heterocycles. The summed E-state index contributed by atoms with van der Waals surface area (Å²) in [6.07, 6.45) is 1.68. The van der Waals surface area contributed by atoms with Crippen LogP contribution < -0.4 is 10.5 Å². The first-order chi connectivity index (χ1) is 8.27. The quantitative estimate of drug-likeness (QED) is 0.824. The fourth-order valence-electron chi connectivity index (χ4n) is 1.45. The molecule has 1 aromatic carbocycles. The smallest absolute Gasteiger partial charge is 0.410 e. The van der Waals surface area contributed by atoms with E-state index < -0.39 is 0 Å². The summed E-state index contributed by atoms with van der Waals surface area (Å²) >= 11 is 0. The lowest BCUT2D eigenvalue weighted by Crippen LogP contribution is -2.38. The zero-order valence-electron chi connectivity index (χ0n) is 10.3. The lowest BCUT2D eigenvalue weighted by Gasteiger charge is -2.20. The lowest BCUT2D eigenvalue weighted by molar-refractivity contribution is 0.153. The van der Waals surface area contributed by atoms with Gasteiger partial charge in [-0.15, -0.1) is 0 Å². The molecule has 0 bridgehead atoms. The number of para-hydroxylation sites is 1. The van der Waals surface area contributed by atoms with E-state index in [9.17, 15) is 4.79 Å². The molecule has 0 atom stereocenters. The molecule has 17 heavy (non-hydrogen) atoms. The first kappa shape index (κ1) is 13.5. The molecule has 0 unspecified atom stereocenters. The van der Waals surface area contributed by atoms with Crippen molar-refractivity contribution in [2.45, 2.75) is 19.8 Å². The maximum atomic E-state index is 11.9. The van der Waals surface area contributed by atoms with Crippen LogP contribution in [0.3, 0.4) is 0 Å². The zero-order chi connectivity index (χ0) is 12.5. The number of benzene rings is 1. The van der Waals surface area contributed by atoms with E-state index in [1.807, 2.05) is 18.2 Å². The third kappa shape index (κ3) is 4.87. The van der Waals surface area contributed by atoms with Gasteiger partial charge in [0, 0.05) is 19.6 Å². The summed E-state index contributed by atoms with van der Waals surface area (Å²) in [5.41, 5.74) is 5.48. The molecule has 0 spiro atoms. The molecule has 0 aliphatic rings. The van der Waals surface area contributed by atoms with Crippen LogP contribution in [0.5, 0.6) is 5.75 Å². The van der Waals surface area contributed by atoms with Crippen LogP contribution in [0, 0.1) is 0 Å². The number of hydrogen-bond acceptors (Lipinski definition) is 3. The molecule has 1 aromatic rings. The molecule has 0 saturated heterocycles. The van der Waals surface area contributed by atoms with Crippen molar-refractivity contribution in [1.29, 1.82) is 0 Å². The van der Waals surface area contributed by atoms with E-state index in [4.69, 9.17) is 10.5 Å². The molecule has 1 amide bonds. The molecule has 0 heterocycles. The Bertz CT molecular complexity index is 327.